The molecule has 0 unspecified atom stereocenters. The summed E-state index contributed by atoms with van der Waals surface area (Å²) < 4.78 is 12.7. The Hall–Kier alpha value is -2.49. The molecule has 0 spiro atoms. The number of pyridine rings is 1. The van der Waals surface area contributed by atoms with E-state index < -0.39 is 0 Å². The smallest absolute Gasteiger partial charge is 0.148 e. The Morgan fingerprint density at radius 3 is 2.47 bits per heavy atom. The van der Waals surface area contributed by atoms with Crippen LogP contribution in [0.5, 0.6) is 11.5 Å². The molecule has 0 saturated carbocycles. The molecule has 3 aromatic rings. The van der Waals surface area contributed by atoms with Crippen LogP contribution in [0.3, 0.4) is 0 Å². The zero-order chi connectivity index (χ0) is 13.2. The number of nitrogens with zero attached hydrogens (tertiary/aromatic N) is 2. The minimum atomic E-state index is 0.802. The number of fused-ring (bicyclic) bond motifs is 1. The van der Waals surface area contributed by atoms with Gasteiger partial charge in [-0.3, -0.25) is 4.40 Å². The summed E-state index contributed by atoms with van der Waals surface area (Å²) in [6.45, 7) is 0. The van der Waals surface area contributed by atoms with E-state index in [1.807, 2.05) is 47.0 Å². The first-order chi connectivity index (χ1) is 9.35. The van der Waals surface area contributed by atoms with Crippen LogP contribution < -0.4 is 9.47 Å². The number of ether oxygens (including phenoxy) is 2. The standard InChI is InChI=1S/C15H14N2O2/c1-18-13-7-4-3-6-11(13)15-16-10-12-14(19-2)8-5-9-17(12)15/h3-10H,1-2H3. The number of imidazole rings is 1. The van der Waals surface area contributed by atoms with E-state index in [2.05, 4.69) is 4.98 Å². The van der Waals surface area contributed by atoms with E-state index in [1.54, 1.807) is 20.4 Å². The Labute approximate surface area is 111 Å². The maximum atomic E-state index is 5.39. The summed E-state index contributed by atoms with van der Waals surface area (Å²) in [5, 5.41) is 0. The average Bonchev–Trinajstić information content (AvgIpc) is 2.90. The molecule has 0 aliphatic carbocycles. The molecule has 4 heteroatoms. The second kappa shape index (κ2) is 4.65. The van der Waals surface area contributed by atoms with Gasteiger partial charge in [-0.25, -0.2) is 4.98 Å². The van der Waals surface area contributed by atoms with Crippen molar-refractivity contribution in [2.75, 3.05) is 14.2 Å². The van der Waals surface area contributed by atoms with Gasteiger partial charge in [-0.05, 0) is 24.3 Å². The van der Waals surface area contributed by atoms with E-state index in [1.165, 1.54) is 0 Å². The van der Waals surface area contributed by atoms with Crippen LogP contribution in [0.2, 0.25) is 0 Å². The lowest BCUT2D eigenvalue weighted by Gasteiger charge is -2.08. The van der Waals surface area contributed by atoms with Crippen LogP contribution in [0.15, 0.2) is 48.8 Å². The van der Waals surface area contributed by atoms with Gasteiger partial charge < -0.3 is 9.47 Å². The van der Waals surface area contributed by atoms with E-state index >= 15 is 0 Å². The summed E-state index contributed by atoms with van der Waals surface area (Å²) in [5.41, 5.74) is 1.89. The van der Waals surface area contributed by atoms with Gasteiger partial charge in [0.15, 0.2) is 0 Å². The Bertz CT molecular complexity index is 719. The fraction of sp³-hybridized carbons (Fsp3) is 0.133. The summed E-state index contributed by atoms with van der Waals surface area (Å²) in [5.74, 6) is 2.44. The molecule has 0 atom stereocenters. The van der Waals surface area contributed by atoms with Crippen molar-refractivity contribution >= 4 is 5.52 Å². The van der Waals surface area contributed by atoms with Crippen LogP contribution in [0.25, 0.3) is 16.9 Å². The third-order valence-corrected chi connectivity index (χ3v) is 3.10. The van der Waals surface area contributed by atoms with Gasteiger partial charge in [0.05, 0.1) is 26.0 Å². The third kappa shape index (κ3) is 1.81. The molecule has 0 aliphatic rings. The monoisotopic (exact) mass is 254 g/mol. The van der Waals surface area contributed by atoms with Gasteiger partial charge >= 0.3 is 0 Å². The molecule has 19 heavy (non-hydrogen) atoms. The minimum absolute atomic E-state index is 0.802. The molecule has 0 saturated heterocycles. The van der Waals surface area contributed by atoms with Gasteiger partial charge in [0.1, 0.15) is 22.8 Å². The topological polar surface area (TPSA) is 35.8 Å². The van der Waals surface area contributed by atoms with E-state index in [4.69, 9.17) is 9.47 Å². The van der Waals surface area contributed by atoms with Gasteiger partial charge in [0.2, 0.25) is 0 Å². The van der Waals surface area contributed by atoms with E-state index in [-0.39, 0.29) is 0 Å². The summed E-state index contributed by atoms with van der Waals surface area (Å²) in [6, 6.07) is 11.7. The molecule has 0 radical (unpaired) electrons. The van der Waals surface area contributed by atoms with Gasteiger partial charge in [0, 0.05) is 6.20 Å². The van der Waals surface area contributed by atoms with Crippen LogP contribution in [-0.4, -0.2) is 23.6 Å². The summed E-state index contributed by atoms with van der Waals surface area (Å²) in [7, 11) is 3.32. The van der Waals surface area contributed by atoms with Crippen molar-refractivity contribution in [3.05, 3.63) is 48.8 Å². The van der Waals surface area contributed by atoms with Crippen LogP contribution in [0, 0.1) is 0 Å². The second-order valence-corrected chi connectivity index (χ2v) is 4.11. The Kier molecular flexibility index (Phi) is 2.83. The lowest BCUT2D eigenvalue weighted by Crippen LogP contribution is -1.94. The van der Waals surface area contributed by atoms with Gasteiger partial charge in [-0.2, -0.15) is 0 Å². The molecule has 0 aliphatic heterocycles. The Morgan fingerprint density at radius 1 is 0.947 bits per heavy atom. The quantitative estimate of drug-likeness (QED) is 0.720. The molecule has 2 aromatic heterocycles. The van der Waals surface area contributed by atoms with Crippen LogP contribution in [0.1, 0.15) is 0 Å². The fourth-order valence-electron chi connectivity index (χ4n) is 2.20. The third-order valence-electron chi connectivity index (χ3n) is 3.10. The van der Waals surface area contributed by atoms with Crippen LogP contribution >= 0.6 is 0 Å². The molecule has 0 N–H and O–H groups in total. The maximum Gasteiger partial charge on any atom is 0.148 e. The highest BCUT2D eigenvalue weighted by molar-refractivity contribution is 5.71. The number of hydrogen-bond donors (Lipinski definition) is 0. The average molecular weight is 254 g/mol. The molecule has 4 nitrogen and oxygen atoms in total. The second-order valence-electron chi connectivity index (χ2n) is 4.11. The Morgan fingerprint density at radius 2 is 1.68 bits per heavy atom. The fourth-order valence-corrected chi connectivity index (χ4v) is 2.20. The van der Waals surface area contributed by atoms with Crippen LogP contribution in [0.4, 0.5) is 0 Å². The van der Waals surface area contributed by atoms with E-state index in [9.17, 15) is 0 Å². The van der Waals surface area contributed by atoms with Gasteiger partial charge in [-0.15, -0.1) is 0 Å². The molecule has 3 rings (SSSR count). The summed E-state index contributed by atoms with van der Waals surface area (Å²) in [6.07, 6.45) is 3.77. The zero-order valence-electron chi connectivity index (χ0n) is 10.8. The molecule has 96 valence electrons. The van der Waals surface area contributed by atoms with Crippen molar-refractivity contribution < 1.29 is 9.47 Å². The maximum absolute atomic E-state index is 5.39. The lowest BCUT2D eigenvalue weighted by atomic mass is 10.2. The highest BCUT2D eigenvalue weighted by atomic mass is 16.5. The highest BCUT2D eigenvalue weighted by Crippen LogP contribution is 2.31. The zero-order valence-corrected chi connectivity index (χ0v) is 10.8. The van der Waals surface area contributed by atoms with Crippen molar-refractivity contribution in [1.29, 1.82) is 0 Å². The van der Waals surface area contributed by atoms with Crippen molar-refractivity contribution in [2.24, 2.45) is 0 Å². The number of para-hydroxylation sites is 1. The normalized spacial score (nSPS) is 10.6. The molecular formula is C15H14N2O2. The number of methoxy groups -OCH3 is 2. The van der Waals surface area contributed by atoms with E-state index in [0.717, 1.165) is 28.4 Å². The van der Waals surface area contributed by atoms with Gasteiger partial charge in [-0.1, -0.05) is 12.1 Å². The first kappa shape index (κ1) is 11.6. The molecular weight excluding hydrogens is 240 g/mol. The molecule has 2 heterocycles. The van der Waals surface area contributed by atoms with Gasteiger partial charge in [0.25, 0.3) is 0 Å². The van der Waals surface area contributed by atoms with Crippen molar-refractivity contribution in [1.82, 2.24) is 9.38 Å². The molecule has 0 amide bonds. The van der Waals surface area contributed by atoms with Crippen molar-refractivity contribution in [3.63, 3.8) is 0 Å². The summed E-state index contributed by atoms with van der Waals surface area (Å²) >= 11 is 0. The predicted molar refractivity (Wildman–Crippen MR) is 73.7 cm³/mol. The number of aromatic nitrogens is 2. The molecule has 1 aromatic carbocycles. The first-order valence-electron chi connectivity index (χ1n) is 5.98. The highest BCUT2D eigenvalue weighted by Gasteiger charge is 2.12. The lowest BCUT2D eigenvalue weighted by molar-refractivity contribution is 0.415. The van der Waals surface area contributed by atoms with Crippen molar-refractivity contribution in [2.45, 2.75) is 0 Å². The Balaban J connectivity index is 2.26. The van der Waals surface area contributed by atoms with E-state index in [0.29, 0.717) is 0 Å². The predicted octanol–water partition coefficient (Wildman–Crippen LogP) is 3.02. The SMILES string of the molecule is COc1ccccc1-c1ncc2c(OC)cccn12. The molecule has 0 fully saturated rings. The van der Waals surface area contributed by atoms with Crippen molar-refractivity contribution in [3.8, 4) is 22.9 Å². The molecule has 0 bridgehead atoms. The number of rotatable bonds is 3. The number of hydrogen-bond acceptors (Lipinski definition) is 3. The van der Waals surface area contributed by atoms with Crippen LogP contribution in [-0.2, 0) is 0 Å². The minimum Gasteiger partial charge on any atom is -0.496 e. The number of benzene rings is 1. The first-order valence-corrected chi connectivity index (χ1v) is 5.98. The largest absolute Gasteiger partial charge is 0.496 e. The summed E-state index contributed by atoms with van der Waals surface area (Å²) in [4.78, 5) is 4.49.